The number of halogens is 1. The molecule has 0 radical (unpaired) electrons. The van der Waals surface area contributed by atoms with Gasteiger partial charge in [0.2, 0.25) is 5.91 Å². The Bertz CT molecular complexity index is 813. The van der Waals surface area contributed by atoms with E-state index in [4.69, 9.17) is 4.74 Å². The number of hydrogen-bond acceptors (Lipinski definition) is 4. The van der Waals surface area contributed by atoms with Gasteiger partial charge in [0.05, 0.1) is 21.1 Å². The molecule has 1 aliphatic rings. The Balaban J connectivity index is 1.61. The number of amides is 2. The van der Waals surface area contributed by atoms with Crippen LogP contribution in [0.5, 0.6) is 0 Å². The lowest BCUT2D eigenvalue weighted by Gasteiger charge is -2.13. The summed E-state index contributed by atoms with van der Waals surface area (Å²) in [6.07, 6.45) is 5.26. The summed E-state index contributed by atoms with van der Waals surface area (Å²) in [5.41, 5.74) is 0.922. The fourth-order valence-corrected chi connectivity index (χ4v) is 3.97. The summed E-state index contributed by atoms with van der Waals surface area (Å²) < 4.78 is 6.52. The van der Waals surface area contributed by atoms with Gasteiger partial charge in [-0.1, -0.05) is 12.1 Å². The number of para-hydroxylation sites is 1. The third-order valence-corrected chi connectivity index (χ3v) is 5.53. The molecular formula is C19H19BrN2O3S. The van der Waals surface area contributed by atoms with Gasteiger partial charge in [0.1, 0.15) is 0 Å². The van der Waals surface area contributed by atoms with E-state index in [1.807, 2.05) is 12.1 Å². The van der Waals surface area contributed by atoms with E-state index in [0.717, 1.165) is 28.1 Å². The number of hydrogen-bond donors (Lipinski definition) is 2. The van der Waals surface area contributed by atoms with Crippen LogP contribution in [0.2, 0.25) is 0 Å². The average Bonchev–Trinajstić information content (AvgIpc) is 3.30. The summed E-state index contributed by atoms with van der Waals surface area (Å²) in [6.45, 7) is 1.23. The first-order valence-electron chi connectivity index (χ1n) is 8.35. The van der Waals surface area contributed by atoms with E-state index in [2.05, 4.69) is 26.6 Å². The monoisotopic (exact) mass is 434 g/mol. The molecule has 136 valence electrons. The maximum absolute atomic E-state index is 12.4. The Labute approximate surface area is 164 Å². The Kier molecular flexibility index (Phi) is 6.60. The highest BCUT2D eigenvalue weighted by Gasteiger charge is 2.18. The van der Waals surface area contributed by atoms with E-state index in [1.165, 1.54) is 17.4 Å². The zero-order valence-electron chi connectivity index (χ0n) is 14.0. The summed E-state index contributed by atoms with van der Waals surface area (Å²) in [6, 6.07) is 10.8. The van der Waals surface area contributed by atoms with Crippen LogP contribution in [0.4, 0.5) is 5.69 Å². The minimum absolute atomic E-state index is 0.0776. The van der Waals surface area contributed by atoms with Crippen LogP contribution in [-0.4, -0.2) is 31.1 Å². The molecule has 0 spiro atoms. The van der Waals surface area contributed by atoms with Gasteiger partial charge in [-0.05, 0) is 59.1 Å². The van der Waals surface area contributed by atoms with Crippen molar-refractivity contribution in [2.24, 2.45) is 0 Å². The first-order chi connectivity index (χ1) is 12.6. The van der Waals surface area contributed by atoms with E-state index in [9.17, 15) is 9.59 Å². The van der Waals surface area contributed by atoms with Gasteiger partial charge in [0.15, 0.2) is 0 Å². The topological polar surface area (TPSA) is 67.4 Å². The van der Waals surface area contributed by atoms with E-state index in [-0.39, 0.29) is 17.9 Å². The standard InChI is InChI=1S/C19H19BrN2O3S/c20-17-9-7-14(26-17)8-10-18(23)22-16-6-2-1-5-15(16)19(24)21-12-13-4-3-11-25-13/h1-2,5-10,13H,3-4,11-12H2,(H,21,24)(H,22,23)/b10-8+. The zero-order valence-corrected chi connectivity index (χ0v) is 16.4. The van der Waals surface area contributed by atoms with Gasteiger partial charge in [0.25, 0.3) is 5.91 Å². The summed E-state index contributed by atoms with van der Waals surface area (Å²) in [7, 11) is 0. The highest BCUT2D eigenvalue weighted by molar-refractivity contribution is 9.11. The number of anilines is 1. The molecule has 0 bridgehead atoms. The van der Waals surface area contributed by atoms with Gasteiger partial charge in [-0.3, -0.25) is 9.59 Å². The number of rotatable bonds is 6. The molecule has 1 aliphatic heterocycles. The van der Waals surface area contributed by atoms with Crippen molar-refractivity contribution in [2.45, 2.75) is 18.9 Å². The van der Waals surface area contributed by atoms with Crippen molar-refractivity contribution in [3.05, 3.63) is 56.7 Å². The predicted molar refractivity (Wildman–Crippen MR) is 107 cm³/mol. The number of benzene rings is 1. The van der Waals surface area contributed by atoms with Crippen LogP contribution in [0, 0.1) is 0 Å². The van der Waals surface area contributed by atoms with Crippen LogP contribution in [0.3, 0.4) is 0 Å². The molecule has 1 saturated heterocycles. The molecule has 1 fully saturated rings. The smallest absolute Gasteiger partial charge is 0.253 e. The molecule has 2 heterocycles. The molecule has 26 heavy (non-hydrogen) atoms. The number of ether oxygens (including phenoxy) is 1. The van der Waals surface area contributed by atoms with Crippen LogP contribution >= 0.6 is 27.3 Å². The lowest BCUT2D eigenvalue weighted by atomic mass is 10.1. The molecule has 2 amide bonds. The van der Waals surface area contributed by atoms with E-state index >= 15 is 0 Å². The summed E-state index contributed by atoms with van der Waals surface area (Å²) >= 11 is 4.92. The van der Waals surface area contributed by atoms with E-state index in [0.29, 0.717) is 17.8 Å². The van der Waals surface area contributed by atoms with E-state index < -0.39 is 0 Å². The molecule has 2 aromatic rings. The molecule has 0 aliphatic carbocycles. The normalized spacial score (nSPS) is 16.7. The Morgan fingerprint density at radius 3 is 2.85 bits per heavy atom. The molecule has 7 heteroatoms. The summed E-state index contributed by atoms with van der Waals surface area (Å²) in [5, 5.41) is 5.65. The second-order valence-electron chi connectivity index (χ2n) is 5.86. The van der Waals surface area contributed by atoms with Crippen molar-refractivity contribution in [3.63, 3.8) is 0 Å². The third-order valence-electron chi connectivity index (χ3n) is 3.94. The summed E-state index contributed by atoms with van der Waals surface area (Å²) in [5.74, 6) is -0.503. The Hall–Kier alpha value is -1.96. The second-order valence-corrected chi connectivity index (χ2v) is 8.35. The van der Waals surface area contributed by atoms with Gasteiger partial charge >= 0.3 is 0 Å². The molecule has 1 atom stereocenters. The molecule has 1 aromatic heterocycles. The Morgan fingerprint density at radius 1 is 1.27 bits per heavy atom. The molecule has 1 aromatic carbocycles. The minimum atomic E-state index is -0.283. The number of nitrogens with one attached hydrogen (secondary N) is 2. The first-order valence-corrected chi connectivity index (χ1v) is 9.96. The molecule has 3 rings (SSSR count). The lowest BCUT2D eigenvalue weighted by Crippen LogP contribution is -2.32. The van der Waals surface area contributed by atoms with E-state index in [1.54, 1.807) is 30.3 Å². The lowest BCUT2D eigenvalue weighted by molar-refractivity contribution is -0.111. The van der Waals surface area contributed by atoms with Crippen molar-refractivity contribution in [3.8, 4) is 0 Å². The van der Waals surface area contributed by atoms with Crippen molar-refractivity contribution in [1.82, 2.24) is 5.32 Å². The largest absolute Gasteiger partial charge is 0.376 e. The maximum Gasteiger partial charge on any atom is 0.253 e. The van der Waals surface area contributed by atoms with Gasteiger partial charge < -0.3 is 15.4 Å². The van der Waals surface area contributed by atoms with Gasteiger partial charge in [-0.15, -0.1) is 11.3 Å². The Morgan fingerprint density at radius 2 is 2.12 bits per heavy atom. The van der Waals surface area contributed by atoms with Crippen LogP contribution in [0.15, 0.2) is 46.3 Å². The predicted octanol–water partition coefficient (Wildman–Crippen LogP) is 4.07. The quantitative estimate of drug-likeness (QED) is 0.673. The number of thiophene rings is 1. The van der Waals surface area contributed by atoms with Crippen LogP contribution in [-0.2, 0) is 9.53 Å². The second kappa shape index (κ2) is 9.12. The van der Waals surface area contributed by atoms with Crippen molar-refractivity contribution < 1.29 is 14.3 Å². The first kappa shape index (κ1) is 18.8. The summed E-state index contributed by atoms with van der Waals surface area (Å²) in [4.78, 5) is 25.6. The van der Waals surface area contributed by atoms with Crippen LogP contribution in [0.25, 0.3) is 6.08 Å². The van der Waals surface area contributed by atoms with Crippen molar-refractivity contribution in [1.29, 1.82) is 0 Å². The highest BCUT2D eigenvalue weighted by Crippen LogP contribution is 2.23. The minimum Gasteiger partial charge on any atom is -0.376 e. The van der Waals surface area contributed by atoms with Gasteiger partial charge in [-0.25, -0.2) is 0 Å². The van der Waals surface area contributed by atoms with Crippen molar-refractivity contribution in [2.75, 3.05) is 18.5 Å². The molecular weight excluding hydrogens is 416 g/mol. The molecule has 0 saturated carbocycles. The highest BCUT2D eigenvalue weighted by atomic mass is 79.9. The molecule has 1 unspecified atom stereocenters. The SMILES string of the molecule is O=C(/C=C/c1ccc(Br)s1)Nc1ccccc1C(=O)NCC1CCCO1. The number of carbonyl (C=O) groups excluding carboxylic acids is 2. The average molecular weight is 435 g/mol. The fourth-order valence-electron chi connectivity index (χ4n) is 2.65. The molecule has 5 nitrogen and oxygen atoms in total. The fraction of sp³-hybridized carbons (Fsp3) is 0.263. The number of carbonyl (C=O) groups is 2. The maximum atomic E-state index is 12.4. The third kappa shape index (κ3) is 5.27. The van der Waals surface area contributed by atoms with Crippen molar-refractivity contribution >= 4 is 50.8 Å². The van der Waals surface area contributed by atoms with Gasteiger partial charge in [0, 0.05) is 24.1 Å². The van der Waals surface area contributed by atoms with Crippen LogP contribution in [0.1, 0.15) is 28.1 Å². The van der Waals surface area contributed by atoms with Gasteiger partial charge in [-0.2, -0.15) is 0 Å². The molecule has 2 N–H and O–H groups in total. The van der Waals surface area contributed by atoms with Crippen LogP contribution < -0.4 is 10.6 Å². The zero-order chi connectivity index (χ0) is 18.4.